The van der Waals surface area contributed by atoms with Crippen molar-refractivity contribution in [3.8, 4) is 0 Å². The van der Waals surface area contributed by atoms with E-state index in [0.29, 0.717) is 17.9 Å². The summed E-state index contributed by atoms with van der Waals surface area (Å²) < 4.78 is 11.2. The van der Waals surface area contributed by atoms with E-state index in [2.05, 4.69) is 29.3 Å². The Morgan fingerprint density at radius 1 is 1.58 bits per heavy atom. The number of ether oxygens (including phenoxy) is 1. The molecular weight excluding hydrogens is 242 g/mol. The lowest BCUT2D eigenvalue weighted by molar-refractivity contribution is -0.0658. The molecular formula is C14H25N3O2. The molecule has 1 heterocycles. The highest BCUT2D eigenvalue weighted by Gasteiger charge is 2.40. The first-order valence-electron chi connectivity index (χ1n) is 7.15. The molecule has 19 heavy (non-hydrogen) atoms. The molecule has 5 heteroatoms. The minimum atomic E-state index is -0.345. The van der Waals surface area contributed by atoms with Crippen LogP contribution in [0.4, 0.5) is 0 Å². The summed E-state index contributed by atoms with van der Waals surface area (Å²) in [5.74, 6) is 2.05. The molecule has 1 N–H and O–H groups in total. The van der Waals surface area contributed by atoms with Crippen LogP contribution < -0.4 is 5.32 Å². The summed E-state index contributed by atoms with van der Waals surface area (Å²) in [6.07, 6.45) is 5.12. The molecule has 0 saturated heterocycles. The molecule has 1 fully saturated rings. The minimum Gasteiger partial charge on any atom is -0.370 e. The van der Waals surface area contributed by atoms with Crippen LogP contribution in [0.5, 0.6) is 0 Å². The maximum Gasteiger partial charge on any atom is 0.228 e. The van der Waals surface area contributed by atoms with E-state index in [0.717, 1.165) is 31.5 Å². The van der Waals surface area contributed by atoms with Crippen molar-refractivity contribution in [3.05, 3.63) is 11.7 Å². The number of likely N-dealkylation sites (N-methyl/N-ethyl adjacent to an activating group) is 1. The first-order chi connectivity index (χ1) is 9.09. The maximum atomic E-state index is 5.78. The Morgan fingerprint density at radius 2 is 2.37 bits per heavy atom. The zero-order chi connectivity index (χ0) is 13.9. The van der Waals surface area contributed by atoms with Crippen LogP contribution in [0.25, 0.3) is 0 Å². The average Bonchev–Trinajstić information content (AvgIpc) is 2.87. The minimum absolute atomic E-state index is 0.331. The monoisotopic (exact) mass is 267 g/mol. The summed E-state index contributed by atoms with van der Waals surface area (Å²) in [5, 5.41) is 7.34. The number of nitrogens with zero attached hydrogens (tertiary/aromatic N) is 2. The molecule has 0 amide bonds. The summed E-state index contributed by atoms with van der Waals surface area (Å²) in [4.78, 5) is 4.56. The topological polar surface area (TPSA) is 60.2 Å². The van der Waals surface area contributed by atoms with E-state index in [9.17, 15) is 0 Å². The Morgan fingerprint density at radius 3 is 3.00 bits per heavy atom. The van der Waals surface area contributed by atoms with Crippen LogP contribution in [-0.4, -0.2) is 30.3 Å². The van der Waals surface area contributed by atoms with Crippen molar-refractivity contribution in [3.63, 3.8) is 0 Å². The van der Waals surface area contributed by atoms with E-state index in [1.807, 2.05) is 7.05 Å². The van der Waals surface area contributed by atoms with Gasteiger partial charge in [0.25, 0.3) is 0 Å². The molecule has 0 spiro atoms. The highest BCUT2D eigenvalue weighted by molar-refractivity contribution is 5.04. The molecule has 3 atom stereocenters. The summed E-state index contributed by atoms with van der Waals surface area (Å²) in [5.41, 5.74) is -0.345. The molecule has 0 aromatic carbocycles. The standard InChI is InChI=1S/C14H25N3O2/c1-10-6-5-7-14(9-10,18-4)13-16-12(19-17-13)8-11(2)15-3/h10-11,15H,5-9H2,1-4H3. The lowest BCUT2D eigenvalue weighted by Crippen LogP contribution is -2.35. The number of methoxy groups -OCH3 is 1. The molecule has 0 aliphatic heterocycles. The van der Waals surface area contributed by atoms with Crippen LogP contribution in [0.1, 0.15) is 51.2 Å². The van der Waals surface area contributed by atoms with E-state index >= 15 is 0 Å². The fourth-order valence-corrected chi connectivity index (χ4v) is 2.87. The third-order valence-electron chi connectivity index (χ3n) is 4.20. The molecule has 1 aliphatic rings. The fourth-order valence-electron chi connectivity index (χ4n) is 2.87. The Hall–Kier alpha value is -0.940. The van der Waals surface area contributed by atoms with E-state index < -0.39 is 0 Å². The van der Waals surface area contributed by atoms with Gasteiger partial charge in [0.1, 0.15) is 5.60 Å². The summed E-state index contributed by atoms with van der Waals surface area (Å²) in [6.45, 7) is 4.36. The van der Waals surface area contributed by atoms with Gasteiger partial charge in [-0.25, -0.2) is 0 Å². The molecule has 1 saturated carbocycles. The third-order valence-corrected chi connectivity index (χ3v) is 4.20. The second-order valence-corrected chi connectivity index (χ2v) is 5.81. The zero-order valence-electron chi connectivity index (χ0n) is 12.4. The van der Waals surface area contributed by atoms with E-state index in [1.165, 1.54) is 6.42 Å². The molecule has 5 nitrogen and oxygen atoms in total. The van der Waals surface area contributed by atoms with Gasteiger partial charge in [-0.2, -0.15) is 4.98 Å². The van der Waals surface area contributed by atoms with Crippen molar-refractivity contribution < 1.29 is 9.26 Å². The quantitative estimate of drug-likeness (QED) is 0.886. The molecule has 1 aliphatic carbocycles. The number of nitrogens with one attached hydrogen (secondary N) is 1. The number of hydrogen-bond donors (Lipinski definition) is 1. The third kappa shape index (κ3) is 3.15. The lowest BCUT2D eigenvalue weighted by atomic mass is 9.78. The van der Waals surface area contributed by atoms with E-state index in [-0.39, 0.29) is 5.60 Å². The molecule has 108 valence electrons. The van der Waals surface area contributed by atoms with Crippen LogP contribution in [0.15, 0.2) is 4.52 Å². The van der Waals surface area contributed by atoms with Gasteiger partial charge < -0.3 is 14.6 Å². The van der Waals surface area contributed by atoms with Crippen LogP contribution in [0, 0.1) is 5.92 Å². The van der Waals surface area contributed by atoms with Crippen LogP contribution in [0.2, 0.25) is 0 Å². The molecule has 0 radical (unpaired) electrons. The van der Waals surface area contributed by atoms with Crippen molar-refractivity contribution in [1.82, 2.24) is 15.5 Å². The van der Waals surface area contributed by atoms with Crippen LogP contribution >= 0.6 is 0 Å². The van der Waals surface area contributed by atoms with E-state index in [4.69, 9.17) is 9.26 Å². The molecule has 3 unspecified atom stereocenters. The van der Waals surface area contributed by atoms with Crippen molar-refractivity contribution >= 4 is 0 Å². The van der Waals surface area contributed by atoms with Gasteiger partial charge in [-0.15, -0.1) is 0 Å². The van der Waals surface area contributed by atoms with Gasteiger partial charge in [0.05, 0.1) is 0 Å². The second-order valence-electron chi connectivity index (χ2n) is 5.81. The van der Waals surface area contributed by atoms with Gasteiger partial charge in [-0.1, -0.05) is 18.5 Å². The number of hydrogen-bond acceptors (Lipinski definition) is 5. The summed E-state index contributed by atoms with van der Waals surface area (Å²) >= 11 is 0. The average molecular weight is 267 g/mol. The van der Waals surface area contributed by atoms with Crippen LogP contribution in [0.3, 0.4) is 0 Å². The highest BCUT2D eigenvalue weighted by atomic mass is 16.5. The van der Waals surface area contributed by atoms with Crippen molar-refractivity contribution in [2.45, 2.75) is 57.6 Å². The largest absolute Gasteiger partial charge is 0.370 e. The molecule has 2 rings (SSSR count). The highest BCUT2D eigenvalue weighted by Crippen LogP contribution is 2.41. The maximum absolute atomic E-state index is 5.78. The first-order valence-corrected chi connectivity index (χ1v) is 7.15. The Bertz CT molecular complexity index is 407. The predicted molar refractivity (Wildman–Crippen MR) is 72.8 cm³/mol. The first kappa shape index (κ1) is 14.5. The summed E-state index contributed by atoms with van der Waals surface area (Å²) in [7, 11) is 3.69. The van der Waals surface area contributed by atoms with Gasteiger partial charge in [-0.05, 0) is 39.2 Å². The van der Waals surface area contributed by atoms with Gasteiger partial charge in [-0.3, -0.25) is 0 Å². The van der Waals surface area contributed by atoms with Crippen LogP contribution in [-0.2, 0) is 16.8 Å². The van der Waals surface area contributed by atoms with Crippen molar-refractivity contribution in [2.24, 2.45) is 5.92 Å². The van der Waals surface area contributed by atoms with E-state index in [1.54, 1.807) is 7.11 Å². The SMILES string of the molecule is CNC(C)Cc1nc(C2(OC)CCCC(C)C2)no1. The second kappa shape index (κ2) is 6.01. The van der Waals surface area contributed by atoms with Gasteiger partial charge in [0, 0.05) is 19.6 Å². The van der Waals surface area contributed by atoms with Gasteiger partial charge in [0.2, 0.25) is 11.7 Å². The molecule has 1 aromatic rings. The van der Waals surface area contributed by atoms with Crippen molar-refractivity contribution in [1.29, 1.82) is 0 Å². The normalized spacial score (nSPS) is 29.4. The fraction of sp³-hybridized carbons (Fsp3) is 0.857. The smallest absolute Gasteiger partial charge is 0.228 e. The number of aromatic nitrogens is 2. The predicted octanol–water partition coefficient (Wildman–Crippen LogP) is 2.27. The van der Waals surface area contributed by atoms with Gasteiger partial charge in [0.15, 0.2) is 0 Å². The van der Waals surface area contributed by atoms with Gasteiger partial charge >= 0.3 is 0 Å². The zero-order valence-corrected chi connectivity index (χ0v) is 12.4. The number of rotatable bonds is 5. The Balaban J connectivity index is 2.15. The molecule has 0 bridgehead atoms. The van der Waals surface area contributed by atoms with Crippen molar-refractivity contribution in [2.75, 3.05) is 14.2 Å². The summed E-state index contributed by atoms with van der Waals surface area (Å²) in [6, 6.07) is 0.331. The Kier molecular flexibility index (Phi) is 4.58. The molecule has 1 aromatic heterocycles. The Labute approximate surface area is 115 Å². The lowest BCUT2D eigenvalue weighted by Gasteiger charge is -2.36.